The summed E-state index contributed by atoms with van der Waals surface area (Å²) in [5.74, 6) is -0.370. The van der Waals surface area contributed by atoms with Gasteiger partial charge in [-0.1, -0.05) is 29.8 Å². The van der Waals surface area contributed by atoms with Crippen molar-refractivity contribution in [3.8, 4) is 0 Å². The lowest BCUT2D eigenvalue weighted by Crippen LogP contribution is -1.98. The Bertz CT molecular complexity index is 352. The number of carbonyl (C=O) groups excluding carboxylic acids is 1. The van der Waals surface area contributed by atoms with Gasteiger partial charge in [-0.25, -0.2) is 4.79 Å². The minimum Gasteiger partial charge on any atom is -0.465 e. The van der Waals surface area contributed by atoms with Crippen LogP contribution in [0.4, 0.5) is 0 Å². The molecule has 14 heavy (non-hydrogen) atoms. The predicted molar refractivity (Wildman–Crippen MR) is 60.1 cm³/mol. The topological polar surface area (TPSA) is 26.3 Å². The fraction of sp³-hybridized carbons (Fsp3) is 0.182. The van der Waals surface area contributed by atoms with Gasteiger partial charge in [0.05, 0.1) is 7.11 Å². The molecule has 0 saturated heterocycles. The molecule has 0 aliphatic heterocycles. The van der Waals surface area contributed by atoms with Crippen LogP contribution in [-0.2, 0) is 9.53 Å². The molecule has 0 aliphatic rings. The van der Waals surface area contributed by atoms with Gasteiger partial charge in [-0.15, -0.1) is 0 Å². The normalized spacial score (nSPS) is 11.2. The second-order valence-corrected chi connectivity index (χ2v) is 3.75. The van der Waals surface area contributed by atoms with Crippen LogP contribution in [0.15, 0.2) is 28.7 Å². The number of methoxy groups -OCH3 is 1. The van der Waals surface area contributed by atoms with Crippen molar-refractivity contribution in [1.29, 1.82) is 0 Å². The fourth-order valence-electron chi connectivity index (χ4n) is 0.965. The van der Waals surface area contributed by atoms with E-state index in [4.69, 9.17) is 0 Å². The van der Waals surface area contributed by atoms with E-state index in [9.17, 15) is 4.79 Å². The van der Waals surface area contributed by atoms with Gasteiger partial charge >= 0.3 is 5.97 Å². The van der Waals surface area contributed by atoms with E-state index in [1.54, 1.807) is 6.08 Å². The summed E-state index contributed by atoms with van der Waals surface area (Å²) in [6.45, 7) is 2.02. The summed E-state index contributed by atoms with van der Waals surface area (Å²) >= 11 is 3.15. The van der Waals surface area contributed by atoms with Crippen LogP contribution in [0.3, 0.4) is 0 Å². The molecular weight excluding hydrogens is 244 g/mol. The summed E-state index contributed by atoms with van der Waals surface area (Å²) in [5.41, 5.74) is 2.16. The van der Waals surface area contributed by atoms with Crippen molar-refractivity contribution in [2.45, 2.75) is 6.92 Å². The number of esters is 1. The summed E-state index contributed by atoms with van der Waals surface area (Å²) in [5, 5.41) is 0. The Hall–Kier alpha value is -1.09. The lowest BCUT2D eigenvalue weighted by Gasteiger charge is -1.98. The molecule has 0 spiro atoms. The van der Waals surface area contributed by atoms with E-state index in [1.165, 1.54) is 12.7 Å². The monoisotopic (exact) mass is 254 g/mol. The number of carbonyl (C=O) groups is 1. The Labute approximate surface area is 91.7 Å². The maximum absolute atomic E-state index is 11.0. The zero-order chi connectivity index (χ0) is 10.6. The van der Waals surface area contributed by atoms with Gasteiger partial charge in [0.2, 0.25) is 0 Å². The third-order valence-corrected chi connectivity index (χ3v) is 2.30. The molecule has 0 saturated carbocycles. The molecule has 0 atom stereocenters. The number of rotatable bonds is 2. The van der Waals surface area contributed by atoms with Crippen LogP contribution in [0, 0.1) is 6.92 Å². The van der Waals surface area contributed by atoms with Crippen molar-refractivity contribution in [2.24, 2.45) is 0 Å². The first-order valence-corrected chi connectivity index (χ1v) is 4.95. The molecule has 3 heteroatoms. The van der Waals surface area contributed by atoms with Gasteiger partial charge in [0.1, 0.15) is 4.48 Å². The predicted octanol–water partition coefficient (Wildman–Crippen LogP) is 2.90. The maximum Gasteiger partial charge on any atom is 0.344 e. The van der Waals surface area contributed by atoms with Crippen LogP contribution in [0.5, 0.6) is 0 Å². The fourth-order valence-corrected chi connectivity index (χ4v) is 1.39. The molecule has 74 valence electrons. The zero-order valence-corrected chi connectivity index (χ0v) is 9.67. The van der Waals surface area contributed by atoms with Crippen molar-refractivity contribution in [1.82, 2.24) is 0 Å². The quantitative estimate of drug-likeness (QED) is 0.600. The van der Waals surface area contributed by atoms with Crippen LogP contribution in [0.1, 0.15) is 11.1 Å². The summed E-state index contributed by atoms with van der Waals surface area (Å²) in [4.78, 5) is 11.0. The molecule has 1 rings (SSSR count). The largest absolute Gasteiger partial charge is 0.465 e. The standard InChI is InChI=1S/C11H11BrO2/c1-8-3-5-9(6-4-8)7-10(12)11(13)14-2/h3-7H,1-2H3/b10-7+. The van der Waals surface area contributed by atoms with Gasteiger partial charge < -0.3 is 4.74 Å². The smallest absolute Gasteiger partial charge is 0.344 e. The molecule has 1 aromatic carbocycles. The van der Waals surface area contributed by atoms with Crippen LogP contribution < -0.4 is 0 Å². The molecule has 2 nitrogen and oxygen atoms in total. The molecule has 0 radical (unpaired) electrons. The van der Waals surface area contributed by atoms with Crippen LogP contribution >= 0.6 is 15.9 Å². The van der Waals surface area contributed by atoms with Gasteiger partial charge in [0.25, 0.3) is 0 Å². The zero-order valence-electron chi connectivity index (χ0n) is 8.08. The highest BCUT2D eigenvalue weighted by molar-refractivity contribution is 9.12. The van der Waals surface area contributed by atoms with E-state index in [1.807, 2.05) is 31.2 Å². The lowest BCUT2D eigenvalue weighted by atomic mass is 10.1. The third kappa shape index (κ3) is 3.00. The minimum absolute atomic E-state index is 0.370. The van der Waals surface area contributed by atoms with Gasteiger partial charge in [-0.3, -0.25) is 0 Å². The van der Waals surface area contributed by atoms with Gasteiger partial charge in [0, 0.05) is 0 Å². The highest BCUT2D eigenvalue weighted by atomic mass is 79.9. The molecular formula is C11H11BrO2. The SMILES string of the molecule is COC(=O)/C(Br)=C\c1ccc(C)cc1. The highest BCUT2D eigenvalue weighted by Gasteiger charge is 2.04. The first-order chi connectivity index (χ1) is 6.63. The Kier molecular flexibility index (Phi) is 3.89. The number of aryl methyl sites for hydroxylation is 1. The molecule has 0 aromatic heterocycles. The summed E-state index contributed by atoms with van der Waals surface area (Å²) in [6.07, 6.45) is 1.73. The van der Waals surface area contributed by atoms with Crippen LogP contribution in [0.2, 0.25) is 0 Å². The molecule has 0 unspecified atom stereocenters. The number of halogens is 1. The Balaban J connectivity index is 2.86. The molecule has 0 N–H and O–H groups in total. The minimum atomic E-state index is -0.370. The van der Waals surface area contributed by atoms with Crippen molar-refractivity contribution < 1.29 is 9.53 Å². The molecule has 0 amide bonds. The van der Waals surface area contributed by atoms with E-state index < -0.39 is 0 Å². The number of ether oxygens (including phenoxy) is 1. The van der Waals surface area contributed by atoms with E-state index in [2.05, 4.69) is 20.7 Å². The molecule has 0 heterocycles. The van der Waals surface area contributed by atoms with Gasteiger partial charge in [-0.2, -0.15) is 0 Å². The van der Waals surface area contributed by atoms with Crippen LogP contribution in [0.25, 0.3) is 6.08 Å². The van der Waals surface area contributed by atoms with Gasteiger partial charge in [-0.05, 0) is 34.5 Å². The second-order valence-electron chi connectivity index (χ2n) is 2.89. The molecule has 0 bridgehead atoms. The van der Waals surface area contributed by atoms with Crippen molar-refractivity contribution >= 4 is 28.0 Å². The molecule has 0 fully saturated rings. The summed E-state index contributed by atoms with van der Waals surface area (Å²) in [7, 11) is 1.35. The number of hydrogen-bond acceptors (Lipinski definition) is 2. The third-order valence-electron chi connectivity index (χ3n) is 1.75. The highest BCUT2D eigenvalue weighted by Crippen LogP contribution is 2.14. The van der Waals surface area contributed by atoms with Crippen molar-refractivity contribution in [3.05, 3.63) is 39.9 Å². The first-order valence-electron chi connectivity index (χ1n) is 4.15. The average Bonchev–Trinajstić information content (AvgIpc) is 2.20. The maximum atomic E-state index is 11.0. The Morgan fingerprint density at radius 3 is 2.43 bits per heavy atom. The molecule has 1 aromatic rings. The second kappa shape index (κ2) is 4.96. The first kappa shape index (κ1) is 11.0. The van der Waals surface area contributed by atoms with Gasteiger partial charge in [0.15, 0.2) is 0 Å². The van der Waals surface area contributed by atoms with E-state index in [0.29, 0.717) is 4.48 Å². The van der Waals surface area contributed by atoms with Crippen molar-refractivity contribution in [2.75, 3.05) is 7.11 Å². The van der Waals surface area contributed by atoms with E-state index in [0.717, 1.165) is 5.56 Å². The molecule has 0 aliphatic carbocycles. The Morgan fingerprint density at radius 1 is 1.36 bits per heavy atom. The number of benzene rings is 1. The number of hydrogen-bond donors (Lipinski definition) is 0. The Morgan fingerprint density at radius 2 is 1.93 bits per heavy atom. The van der Waals surface area contributed by atoms with E-state index in [-0.39, 0.29) is 5.97 Å². The van der Waals surface area contributed by atoms with Crippen LogP contribution in [-0.4, -0.2) is 13.1 Å². The van der Waals surface area contributed by atoms with Crippen molar-refractivity contribution in [3.63, 3.8) is 0 Å². The summed E-state index contributed by atoms with van der Waals surface area (Å²) in [6, 6.07) is 7.87. The lowest BCUT2D eigenvalue weighted by molar-refractivity contribution is -0.135. The van der Waals surface area contributed by atoms with E-state index >= 15 is 0 Å². The summed E-state index contributed by atoms with van der Waals surface area (Å²) < 4.78 is 4.97. The average molecular weight is 255 g/mol.